The third kappa shape index (κ3) is 4.89. The summed E-state index contributed by atoms with van der Waals surface area (Å²) in [5.74, 6) is -0.661. The highest BCUT2D eigenvalue weighted by Gasteiger charge is 2.17. The van der Waals surface area contributed by atoms with Gasteiger partial charge in [0.05, 0.1) is 21.2 Å². The Kier molecular flexibility index (Phi) is 6.66. The third-order valence-corrected chi connectivity index (χ3v) is 4.95. The van der Waals surface area contributed by atoms with Crippen LogP contribution in [-0.4, -0.2) is 44.5 Å². The number of aromatic nitrogens is 2. The molecule has 0 saturated heterocycles. The molecule has 0 radical (unpaired) electrons. The van der Waals surface area contributed by atoms with Crippen molar-refractivity contribution in [2.75, 3.05) is 18.4 Å². The van der Waals surface area contributed by atoms with Gasteiger partial charge in [-0.1, -0.05) is 17.7 Å². The highest BCUT2D eigenvalue weighted by molar-refractivity contribution is 6.34. The van der Waals surface area contributed by atoms with Gasteiger partial charge in [0.15, 0.2) is 5.69 Å². The molecule has 2 aromatic carbocycles. The number of amides is 2. The van der Waals surface area contributed by atoms with E-state index in [0.717, 1.165) is 0 Å². The number of benzene rings is 2. The average molecular weight is 442 g/mol. The van der Waals surface area contributed by atoms with Gasteiger partial charge in [0, 0.05) is 37.1 Å². The van der Waals surface area contributed by atoms with Crippen LogP contribution in [0.25, 0.3) is 5.69 Å². The van der Waals surface area contributed by atoms with E-state index in [1.165, 1.54) is 41.2 Å². The molecule has 0 bridgehead atoms. The summed E-state index contributed by atoms with van der Waals surface area (Å²) < 4.78 is 1.38. The molecule has 3 rings (SSSR count). The summed E-state index contributed by atoms with van der Waals surface area (Å²) in [7, 11) is 0. The first-order chi connectivity index (χ1) is 14.8. The first-order valence-corrected chi connectivity index (χ1v) is 9.92. The van der Waals surface area contributed by atoms with E-state index in [9.17, 15) is 19.7 Å². The van der Waals surface area contributed by atoms with Crippen molar-refractivity contribution >= 4 is 34.8 Å². The molecule has 0 unspecified atom stereocenters. The van der Waals surface area contributed by atoms with Gasteiger partial charge >= 0.3 is 0 Å². The van der Waals surface area contributed by atoms with Crippen LogP contribution in [-0.2, 0) is 0 Å². The molecule has 9 nitrogen and oxygen atoms in total. The summed E-state index contributed by atoms with van der Waals surface area (Å²) in [5.41, 5.74) is 1.27. The molecule has 0 saturated carbocycles. The smallest absolute Gasteiger partial charge is 0.276 e. The van der Waals surface area contributed by atoms with Gasteiger partial charge in [-0.25, -0.2) is 4.68 Å². The number of nitrogens with zero attached hydrogens (tertiary/aromatic N) is 4. The molecule has 0 aliphatic rings. The molecule has 0 spiro atoms. The minimum Gasteiger partial charge on any atom is -0.339 e. The monoisotopic (exact) mass is 441 g/mol. The maximum atomic E-state index is 12.6. The highest BCUT2D eigenvalue weighted by Crippen LogP contribution is 2.23. The van der Waals surface area contributed by atoms with E-state index in [4.69, 9.17) is 11.6 Å². The predicted octanol–water partition coefficient (Wildman–Crippen LogP) is 4.17. The second-order valence-electron chi connectivity index (χ2n) is 6.55. The van der Waals surface area contributed by atoms with E-state index in [1.54, 1.807) is 23.1 Å². The minimum absolute atomic E-state index is 0.0759. The van der Waals surface area contributed by atoms with Gasteiger partial charge in [0.2, 0.25) is 0 Å². The van der Waals surface area contributed by atoms with Crippen molar-refractivity contribution in [3.8, 4) is 5.69 Å². The van der Waals surface area contributed by atoms with E-state index in [2.05, 4.69) is 10.4 Å². The fraction of sp³-hybridized carbons (Fsp3) is 0.190. The molecule has 160 valence electrons. The Hall–Kier alpha value is -3.72. The average Bonchev–Trinajstić information content (AvgIpc) is 3.25. The predicted molar refractivity (Wildman–Crippen MR) is 117 cm³/mol. The maximum Gasteiger partial charge on any atom is 0.276 e. The second-order valence-corrected chi connectivity index (χ2v) is 6.96. The first kappa shape index (κ1) is 22.0. The topological polar surface area (TPSA) is 110 Å². The molecular weight excluding hydrogens is 422 g/mol. The summed E-state index contributed by atoms with van der Waals surface area (Å²) in [6.07, 6.45) is 1.53. The standard InChI is InChI=1S/C21H20ClN5O4/c1-3-25(4-2)21(29)17-9-8-14(12-18(17)22)23-20(28)19-10-11-26(24-19)15-6-5-7-16(13-15)27(30)31/h5-13H,3-4H2,1-2H3,(H,23,28). The zero-order valence-electron chi connectivity index (χ0n) is 16.9. The summed E-state index contributed by atoms with van der Waals surface area (Å²) in [4.78, 5) is 37.1. The van der Waals surface area contributed by atoms with Gasteiger partial charge in [-0.2, -0.15) is 5.10 Å². The number of halogens is 1. The normalized spacial score (nSPS) is 10.5. The van der Waals surface area contributed by atoms with E-state index >= 15 is 0 Å². The fourth-order valence-electron chi connectivity index (χ4n) is 2.98. The van der Waals surface area contributed by atoms with Gasteiger partial charge in [0.25, 0.3) is 17.5 Å². The summed E-state index contributed by atoms with van der Waals surface area (Å²) in [5, 5.41) is 18.0. The number of hydrogen-bond acceptors (Lipinski definition) is 5. The molecule has 1 aromatic heterocycles. The van der Waals surface area contributed by atoms with Crippen LogP contribution in [0.1, 0.15) is 34.7 Å². The zero-order valence-corrected chi connectivity index (χ0v) is 17.7. The Morgan fingerprint density at radius 2 is 1.90 bits per heavy atom. The van der Waals surface area contributed by atoms with Crippen LogP contribution in [0.5, 0.6) is 0 Å². The summed E-state index contributed by atoms with van der Waals surface area (Å²) >= 11 is 6.26. The number of nitro benzene ring substituents is 1. The number of hydrogen-bond donors (Lipinski definition) is 1. The molecule has 1 N–H and O–H groups in total. The van der Waals surface area contributed by atoms with Crippen molar-refractivity contribution in [2.24, 2.45) is 0 Å². The van der Waals surface area contributed by atoms with E-state index in [1.807, 2.05) is 13.8 Å². The second kappa shape index (κ2) is 9.40. The lowest BCUT2D eigenvalue weighted by Gasteiger charge is -2.19. The molecule has 0 atom stereocenters. The number of non-ortho nitro benzene ring substituents is 1. The minimum atomic E-state index is -0.501. The Morgan fingerprint density at radius 1 is 1.16 bits per heavy atom. The Bertz CT molecular complexity index is 1140. The Morgan fingerprint density at radius 3 is 2.55 bits per heavy atom. The van der Waals surface area contributed by atoms with Crippen molar-refractivity contribution in [3.63, 3.8) is 0 Å². The fourth-order valence-corrected chi connectivity index (χ4v) is 3.24. The molecule has 3 aromatic rings. The van der Waals surface area contributed by atoms with Crippen molar-refractivity contribution in [3.05, 3.63) is 81.1 Å². The highest BCUT2D eigenvalue weighted by atomic mass is 35.5. The lowest BCUT2D eigenvalue weighted by molar-refractivity contribution is -0.384. The van der Waals surface area contributed by atoms with Crippen molar-refractivity contribution in [1.29, 1.82) is 0 Å². The number of rotatable bonds is 7. The van der Waals surface area contributed by atoms with Crippen LogP contribution in [0.2, 0.25) is 5.02 Å². The van der Waals surface area contributed by atoms with E-state index in [0.29, 0.717) is 30.0 Å². The number of anilines is 1. The number of carbonyl (C=O) groups is 2. The van der Waals surface area contributed by atoms with Gasteiger partial charge in [-0.3, -0.25) is 19.7 Å². The molecule has 0 fully saturated rings. The van der Waals surface area contributed by atoms with Crippen LogP contribution in [0.15, 0.2) is 54.7 Å². The number of nitrogens with one attached hydrogen (secondary N) is 1. The van der Waals surface area contributed by atoms with Crippen LogP contribution >= 0.6 is 11.6 Å². The number of carbonyl (C=O) groups excluding carboxylic acids is 2. The molecule has 0 aliphatic heterocycles. The Labute approximate surface area is 183 Å². The van der Waals surface area contributed by atoms with Crippen molar-refractivity contribution in [1.82, 2.24) is 14.7 Å². The maximum absolute atomic E-state index is 12.6. The van der Waals surface area contributed by atoms with Crippen LogP contribution in [0, 0.1) is 10.1 Å². The molecule has 31 heavy (non-hydrogen) atoms. The molecule has 1 heterocycles. The quantitative estimate of drug-likeness (QED) is 0.437. The van der Waals surface area contributed by atoms with Gasteiger partial charge in [0.1, 0.15) is 0 Å². The zero-order chi connectivity index (χ0) is 22.5. The lowest BCUT2D eigenvalue weighted by Crippen LogP contribution is -2.30. The van der Waals surface area contributed by atoms with Crippen LogP contribution in [0.4, 0.5) is 11.4 Å². The molecular formula is C21H20ClN5O4. The molecule has 10 heteroatoms. The van der Waals surface area contributed by atoms with Crippen molar-refractivity contribution < 1.29 is 14.5 Å². The van der Waals surface area contributed by atoms with Gasteiger partial charge < -0.3 is 10.2 Å². The van der Waals surface area contributed by atoms with E-state index < -0.39 is 10.8 Å². The largest absolute Gasteiger partial charge is 0.339 e. The molecule has 0 aliphatic carbocycles. The van der Waals surface area contributed by atoms with Crippen LogP contribution in [0.3, 0.4) is 0 Å². The third-order valence-electron chi connectivity index (χ3n) is 4.63. The van der Waals surface area contributed by atoms with Gasteiger partial charge in [-0.05, 0) is 44.2 Å². The molecule has 2 amide bonds. The Balaban J connectivity index is 1.75. The summed E-state index contributed by atoms with van der Waals surface area (Å²) in [6.45, 7) is 4.90. The first-order valence-electron chi connectivity index (χ1n) is 9.54. The summed E-state index contributed by atoms with van der Waals surface area (Å²) in [6, 6.07) is 12.1. The van der Waals surface area contributed by atoms with E-state index in [-0.39, 0.29) is 22.3 Å². The van der Waals surface area contributed by atoms with Crippen molar-refractivity contribution in [2.45, 2.75) is 13.8 Å². The number of nitro groups is 1. The van der Waals surface area contributed by atoms with Crippen LogP contribution < -0.4 is 5.32 Å². The lowest BCUT2D eigenvalue weighted by atomic mass is 10.1. The van der Waals surface area contributed by atoms with Gasteiger partial charge in [-0.15, -0.1) is 0 Å². The SMILES string of the molecule is CCN(CC)C(=O)c1ccc(NC(=O)c2ccn(-c3cccc([N+](=O)[O-])c3)n2)cc1Cl.